The number of benzene rings is 1. The first kappa shape index (κ1) is 14.9. The first-order chi connectivity index (χ1) is 11.0. The maximum atomic E-state index is 13.7. The summed E-state index contributed by atoms with van der Waals surface area (Å²) in [4.78, 5) is 3.93. The van der Waals surface area contributed by atoms with Gasteiger partial charge in [0.2, 0.25) is 5.65 Å². The Morgan fingerprint density at radius 2 is 2.04 bits per heavy atom. The molecule has 0 amide bonds. The lowest BCUT2D eigenvalue weighted by Gasteiger charge is -2.10. The summed E-state index contributed by atoms with van der Waals surface area (Å²) >= 11 is 0. The number of hydrogen-bond donors (Lipinski definition) is 2. The molecule has 3 N–H and O–H groups in total. The van der Waals surface area contributed by atoms with Gasteiger partial charge in [0.25, 0.3) is 0 Å². The van der Waals surface area contributed by atoms with Gasteiger partial charge in [0.05, 0.1) is 0 Å². The van der Waals surface area contributed by atoms with Gasteiger partial charge in [-0.25, -0.2) is 9.37 Å². The average molecular weight is 325 g/mol. The number of nitrogens with two attached hydrogens (primary N) is 1. The van der Waals surface area contributed by atoms with Gasteiger partial charge in [-0.2, -0.15) is 19.1 Å². The lowest BCUT2D eigenvalue weighted by molar-refractivity contribution is -0.0499. The summed E-state index contributed by atoms with van der Waals surface area (Å²) in [7, 11) is 0. The van der Waals surface area contributed by atoms with E-state index in [0.29, 0.717) is 5.52 Å². The molecule has 0 saturated heterocycles. The Hall–Kier alpha value is -3.04. The molecule has 0 aliphatic rings. The van der Waals surface area contributed by atoms with E-state index < -0.39 is 12.4 Å². The van der Waals surface area contributed by atoms with E-state index in [1.54, 1.807) is 0 Å². The third-order valence-electron chi connectivity index (χ3n) is 2.90. The van der Waals surface area contributed by atoms with E-state index in [1.165, 1.54) is 6.07 Å². The molecule has 0 spiro atoms. The van der Waals surface area contributed by atoms with Crippen LogP contribution in [-0.4, -0.2) is 27.0 Å². The number of alkyl halides is 2. The number of halogens is 3. The van der Waals surface area contributed by atoms with Gasteiger partial charge in [0.15, 0.2) is 11.3 Å². The standard InChI is InChI=1S/C13H10F3N5O2/c14-8-2-1-7(23-13(15)16)3-6(8)5-22-9-4-10(17)18-12-11(9)19-21-20-12/h1-4,13H,5H2,(H3,17,18,19,20,21). The van der Waals surface area contributed by atoms with Crippen molar-refractivity contribution < 1.29 is 22.6 Å². The average Bonchev–Trinajstić information content (AvgIpc) is 2.95. The largest absolute Gasteiger partial charge is 0.486 e. The topological polar surface area (TPSA) is 98.9 Å². The highest BCUT2D eigenvalue weighted by Gasteiger charge is 2.13. The van der Waals surface area contributed by atoms with E-state index >= 15 is 0 Å². The zero-order valence-electron chi connectivity index (χ0n) is 11.5. The van der Waals surface area contributed by atoms with Crippen LogP contribution in [0.1, 0.15) is 5.56 Å². The number of hydrogen-bond acceptors (Lipinski definition) is 6. The molecule has 0 unspecified atom stereocenters. The molecule has 2 heterocycles. The van der Waals surface area contributed by atoms with Crippen LogP contribution >= 0.6 is 0 Å². The summed E-state index contributed by atoms with van der Waals surface area (Å²) in [6, 6.07) is 4.66. The minimum absolute atomic E-state index is 0.0372. The number of nitrogens with zero attached hydrogens (tertiary/aromatic N) is 3. The van der Waals surface area contributed by atoms with Crippen molar-refractivity contribution in [3.05, 3.63) is 35.6 Å². The number of anilines is 1. The van der Waals surface area contributed by atoms with Crippen molar-refractivity contribution in [2.45, 2.75) is 13.2 Å². The molecule has 3 rings (SSSR count). The smallest absolute Gasteiger partial charge is 0.387 e. The minimum Gasteiger partial charge on any atom is -0.486 e. The molecule has 0 fully saturated rings. The van der Waals surface area contributed by atoms with Crippen molar-refractivity contribution in [3.63, 3.8) is 0 Å². The van der Waals surface area contributed by atoms with Gasteiger partial charge in [-0.1, -0.05) is 0 Å². The predicted molar refractivity (Wildman–Crippen MR) is 73.5 cm³/mol. The molecule has 3 aromatic rings. The van der Waals surface area contributed by atoms with Crippen molar-refractivity contribution >= 4 is 17.0 Å². The van der Waals surface area contributed by atoms with E-state index in [1.807, 2.05) is 0 Å². The van der Waals surface area contributed by atoms with Crippen molar-refractivity contribution in [2.24, 2.45) is 0 Å². The number of fused-ring (bicyclic) bond motifs is 1. The molecular weight excluding hydrogens is 315 g/mol. The Balaban J connectivity index is 1.83. The maximum absolute atomic E-state index is 13.7. The Morgan fingerprint density at radius 1 is 1.22 bits per heavy atom. The Morgan fingerprint density at radius 3 is 2.83 bits per heavy atom. The van der Waals surface area contributed by atoms with Crippen LogP contribution in [0.15, 0.2) is 24.3 Å². The fourth-order valence-corrected chi connectivity index (χ4v) is 1.93. The molecule has 23 heavy (non-hydrogen) atoms. The summed E-state index contributed by atoms with van der Waals surface area (Å²) in [6.45, 7) is -3.23. The van der Waals surface area contributed by atoms with Crippen LogP contribution in [0.4, 0.5) is 19.0 Å². The van der Waals surface area contributed by atoms with Crippen LogP contribution < -0.4 is 15.2 Å². The number of H-pyrrole nitrogens is 1. The third kappa shape index (κ3) is 3.25. The van der Waals surface area contributed by atoms with E-state index in [0.717, 1.165) is 18.2 Å². The first-order valence-corrected chi connectivity index (χ1v) is 6.36. The number of pyridine rings is 1. The van der Waals surface area contributed by atoms with Gasteiger partial charge < -0.3 is 15.2 Å². The summed E-state index contributed by atoms with van der Waals surface area (Å²) in [5.41, 5.74) is 6.21. The number of nitrogen functional groups attached to an aromatic ring is 1. The van der Waals surface area contributed by atoms with Gasteiger partial charge in [-0.15, -0.1) is 5.10 Å². The van der Waals surface area contributed by atoms with E-state index in [-0.39, 0.29) is 35.1 Å². The van der Waals surface area contributed by atoms with Gasteiger partial charge in [0, 0.05) is 11.6 Å². The molecule has 120 valence electrons. The number of aromatic nitrogens is 4. The molecule has 0 aliphatic carbocycles. The lowest BCUT2D eigenvalue weighted by atomic mass is 10.2. The minimum atomic E-state index is -3.00. The van der Waals surface area contributed by atoms with Crippen molar-refractivity contribution in [3.8, 4) is 11.5 Å². The number of nitrogens with one attached hydrogen (secondary N) is 1. The van der Waals surface area contributed by atoms with Crippen LogP contribution in [0.2, 0.25) is 0 Å². The van der Waals surface area contributed by atoms with Crippen LogP contribution in [0.3, 0.4) is 0 Å². The molecule has 0 aliphatic heterocycles. The van der Waals surface area contributed by atoms with Gasteiger partial charge in [-0.05, 0) is 18.2 Å². The van der Waals surface area contributed by atoms with Crippen molar-refractivity contribution in [1.82, 2.24) is 20.4 Å². The molecule has 0 atom stereocenters. The molecule has 10 heteroatoms. The highest BCUT2D eigenvalue weighted by molar-refractivity contribution is 5.78. The van der Waals surface area contributed by atoms with E-state index in [9.17, 15) is 13.2 Å². The zero-order chi connectivity index (χ0) is 16.4. The third-order valence-corrected chi connectivity index (χ3v) is 2.90. The van der Waals surface area contributed by atoms with Crippen LogP contribution in [-0.2, 0) is 6.61 Å². The Labute approximate surface area is 127 Å². The second-order valence-corrected chi connectivity index (χ2v) is 4.46. The summed E-state index contributed by atoms with van der Waals surface area (Å²) in [5, 5.41) is 10.00. The summed E-state index contributed by atoms with van der Waals surface area (Å²) in [6.07, 6.45) is 0. The van der Waals surface area contributed by atoms with E-state index in [2.05, 4.69) is 25.1 Å². The molecule has 7 nitrogen and oxygen atoms in total. The molecular formula is C13H10F3N5O2. The summed E-state index contributed by atoms with van der Waals surface area (Å²) < 4.78 is 47.8. The molecule has 0 saturated carbocycles. The van der Waals surface area contributed by atoms with E-state index in [4.69, 9.17) is 10.5 Å². The second kappa shape index (κ2) is 5.99. The Kier molecular flexibility index (Phi) is 3.87. The molecule has 0 bridgehead atoms. The normalized spacial score (nSPS) is 11.1. The highest BCUT2D eigenvalue weighted by atomic mass is 19.3. The fraction of sp³-hybridized carbons (Fsp3) is 0.154. The predicted octanol–water partition coefficient (Wildman–Crippen LogP) is 2.25. The quantitative estimate of drug-likeness (QED) is 0.746. The Bertz CT molecular complexity index is 840. The SMILES string of the molecule is Nc1cc(OCc2cc(OC(F)F)ccc2F)c2n[nH]nc2n1. The molecule has 2 aromatic heterocycles. The monoisotopic (exact) mass is 325 g/mol. The molecule has 1 aromatic carbocycles. The van der Waals surface area contributed by atoms with Crippen molar-refractivity contribution in [1.29, 1.82) is 0 Å². The number of aromatic amines is 1. The fourth-order valence-electron chi connectivity index (χ4n) is 1.93. The lowest BCUT2D eigenvalue weighted by Crippen LogP contribution is -2.05. The zero-order valence-corrected chi connectivity index (χ0v) is 11.5. The number of ether oxygens (including phenoxy) is 2. The van der Waals surface area contributed by atoms with Crippen LogP contribution in [0, 0.1) is 5.82 Å². The van der Waals surface area contributed by atoms with Gasteiger partial charge in [0.1, 0.15) is 24.0 Å². The van der Waals surface area contributed by atoms with Crippen LogP contribution in [0.5, 0.6) is 11.5 Å². The van der Waals surface area contributed by atoms with Gasteiger partial charge >= 0.3 is 6.61 Å². The molecule has 0 radical (unpaired) electrons. The highest BCUT2D eigenvalue weighted by Crippen LogP contribution is 2.25. The summed E-state index contributed by atoms with van der Waals surface area (Å²) in [5.74, 6) is -0.400. The first-order valence-electron chi connectivity index (χ1n) is 6.36. The second-order valence-electron chi connectivity index (χ2n) is 4.46. The van der Waals surface area contributed by atoms with Crippen molar-refractivity contribution in [2.75, 3.05) is 5.73 Å². The van der Waals surface area contributed by atoms with Gasteiger partial charge in [-0.3, -0.25) is 0 Å². The number of rotatable bonds is 5. The van der Waals surface area contributed by atoms with Crippen LogP contribution in [0.25, 0.3) is 11.2 Å². The maximum Gasteiger partial charge on any atom is 0.387 e.